The summed E-state index contributed by atoms with van der Waals surface area (Å²) in [5.74, 6) is 0.583. The monoisotopic (exact) mass is 217 g/mol. The van der Waals surface area contributed by atoms with Gasteiger partial charge in [0.2, 0.25) is 0 Å². The van der Waals surface area contributed by atoms with E-state index in [1.54, 1.807) is 24.5 Å². The van der Waals surface area contributed by atoms with Gasteiger partial charge in [0, 0.05) is 23.9 Å². The fourth-order valence-corrected chi connectivity index (χ4v) is 1.44. The standard InChI is InChI=1S/C14H19NO/c1-10(2)11(3)9-12(4)14(16)13-5-7-15-8-6-13/h5-10,12H,1-4H3/b11-9+/t12-/m0/s1. The lowest BCUT2D eigenvalue weighted by molar-refractivity contribution is 0.0952. The highest BCUT2D eigenvalue weighted by atomic mass is 16.1. The Morgan fingerprint density at radius 3 is 2.31 bits per heavy atom. The lowest BCUT2D eigenvalue weighted by Gasteiger charge is -2.10. The molecule has 2 nitrogen and oxygen atoms in total. The summed E-state index contributed by atoms with van der Waals surface area (Å²) in [6.45, 7) is 8.28. The van der Waals surface area contributed by atoms with Crippen LogP contribution in [-0.2, 0) is 0 Å². The molecular weight excluding hydrogens is 198 g/mol. The lowest BCUT2D eigenvalue weighted by atomic mass is 9.94. The molecule has 1 aromatic rings. The minimum absolute atomic E-state index is 0.0650. The van der Waals surface area contributed by atoms with Gasteiger partial charge in [0.25, 0.3) is 0 Å². The largest absolute Gasteiger partial charge is 0.294 e. The molecule has 0 spiro atoms. The van der Waals surface area contributed by atoms with Crippen molar-refractivity contribution in [2.45, 2.75) is 27.7 Å². The molecule has 0 radical (unpaired) electrons. The van der Waals surface area contributed by atoms with E-state index in [4.69, 9.17) is 0 Å². The molecule has 0 fully saturated rings. The van der Waals surface area contributed by atoms with Crippen LogP contribution in [0.25, 0.3) is 0 Å². The number of Topliss-reactive ketones (excluding diaryl/α,β-unsaturated/α-hetero) is 1. The number of rotatable bonds is 4. The molecule has 0 aromatic carbocycles. The predicted octanol–water partition coefficient (Wildman–Crippen LogP) is 3.50. The van der Waals surface area contributed by atoms with Crippen LogP contribution < -0.4 is 0 Å². The molecular formula is C14H19NO. The predicted molar refractivity (Wildman–Crippen MR) is 66.3 cm³/mol. The highest BCUT2D eigenvalue weighted by molar-refractivity contribution is 5.98. The summed E-state index contributed by atoms with van der Waals surface area (Å²) in [6, 6.07) is 3.52. The van der Waals surface area contributed by atoms with Crippen LogP contribution in [-0.4, -0.2) is 10.8 Å². The summed E-state index contributed by atoms with van der Waals surface area (Å²) in [4.78, 5) is 15.9. The first kappa shape index (κ1) is 12.6. The Hall–Kier alpha value is -1.44. The Bertz CT molecular complexity index is 379. The van der Waals surface area contributed by atoms with Crippen molar-refractivity contribution in [2.75, 3.05) is 0 Å². The smallest absolute Gasteiger partial charge is 0.169 e. The average molecular weight is 217 g/mol. The Kier molecular flexibility index (Phi) is 4.41. The zero-order valence-electron chi connectivity index (χ0n) is 10.4. The van der Waals surface area contributed by atoms with Crippen LogP contribution in [0, 0.1) is 11.8 Å². The summed E-state index contributed by atoms with van der Waals surface area (Å²) in [5.41, 5.74) is 1.99. The van der Waals surface area contributed by atoms with Gasteiger partial charge in [-0.3, -0.25) is 9.78 Å². The van der Waals surface area contributed by atoms with Crippen LogP contribution in [0.2, 0.25) is 0 Å². The highest BCUT2D eigenvalue weighted by Crippen LogP contribution is 2.15. The van der Waals surface area contributed by atoms with Crippen molar-refractivity contribution >= 4 is 5.78 Å². The molecule has 0 bridgehead atoms. The van der Waals surface area contributed by atoms with E-state index in [2.05, 4.69) is 25.8 Å². The minimum Gasteiger partial charge on any atom is -0.294 e. The first-order valence-corrected chi connectivity index (χ1v) is 5.65. The van der Waals surface area contributed by atoms with Crippen molar-refractivity contribution in [2.24, 2.45) is 11.8 Å². The fraction of sp³-hybridized carbons (Fsp3) is 0.429. The Balaban J connectivity index is 2.80. The van der Waals surface area contributed by atoms with Gasteiger partial charge >= 0.3 is 0 Å². The number of aromatic nitrogens is 1. The van der Waals surface area contributed by atoms with Crippen molar-refractivity contribution < 1.29 is 4.79 Å². The number of allylic oxidation sites excluding steroid dienone is 2. The SMILES string of the molecule is C/C(=C\[C@H](C)C(=O)c1ccncc1)C(C)C. The second-order valence-electron chi connectivity index (χ2n) is 4.45. The van der Waals surface area contributed by atoms with E-state index >= 15 is 0 Å². The maximum atomic E-state index is 12.0. The normalized spacial score (nSPS) is 13.9. The van der Waals surface area contributed by atoms with Crippen molar-refractivity contribution in [1.82, 2.24) is 4.98 Å². The van der Waals surface area contributed by atoms with Gasteiger partial charge in [-0.25, -0.2) is 0 Å². The second kappa shape index (κ2) is 5.59. The number of pyridine rings is 1. The molecule has 1 rings (SSSR count). The third-order valence-corrected chi connectivity index (χ3v) is 2.80. The molecule has 16 heavy (non-hydrogen) atoms. The van der Waals surface area contributed by atoms with Crippen LogP contribution in [0.4, 0.5) is 0 Å². The molecule has 0 amide bonds. The summed E-state index contributed by atoms with van der Waals surface area (Å²) in [5, 5.41) is 0. The first-order valence-electron chi connectivity index (χ1n) is 5.65. The molecule has 1 aromatic heterocycles. The average Bonchev–Trinajstić information content (AvgIpc) is 2.28. The van der Waals surface area contributed by atoms with Gasteiger partial charge in [0.05, 0.1) is 0 Å². The molecule has 0 aliphatic rings. The zero-order chi connectivity index (χ0) is 12.1. The van der Waals surface area contributed by atoms with Gasteiger partial charge in [-0.2, -0.15) is 0 Å². The Morgan fingerprint density at radius 2 is 1.81 bits per heavy atom. The summed E-state index contributed by atoms with van der Waals surface area (Å²) in [6.07, 6.45) is 5.35. The topological polar surface area (TPSA) is 30.0 Å². The van der Waals surface area contributed by atoms with Gasteiger partial charge in [0.15, 0.2) is 5.78 Å². The van der Waals surface area contributed by atoms with Crippen LogP contribution in [0.3, 0.4) is 0 Å². The first-order chi connectivity index (χ1) is 7.52. The van der Waals surface area contributed by atoms with Crippen molar-refractivity contribution in [3.05, 3.63) is 41.7 Å². The van der Waals surface area contributed by atoms with E-state index in [1.165, 1.54) is 5.57 Å². The third-order valence-electron chi connectivity index (χ3n) is 2.80. The number of hydrogen-bond acceptors (Lipinski definition) is 2. The summed E-state index contributed by atoms with van der Waals surface area (Å²) in [7, 11) is 0. The van der Waals surface area contributed by atoms with Crippen molar-refractivity contribution in [3.8, 4) is 0 Å². The number of carbonyl (C=O) groups excluding carboxylic acids is 1. The number of ketones is 1. The van der Waals surface area contributed by atoms with Crippen LogP contribution in [0.15, 0.2) is 36.2 Å². The molecule has 0 unspecified atom stereocenters. The van der Waals surface area contributed by atoms with Crippen LogP contribution in [0.1, 0.15) is 38.1 Å². The van der Waals surface area contributed by atoms with E-state index in [1.807, 2.05) is 13.0 Å². The van der Waals surface area contributed by atoms with Gasteiger partial charge in [-0.05, 0) is 25.0 Å². The Morgan fingerprint density at radius 1 is 1.25 bits per heavy atom. The summed E-state index contributed by atoms with van der Waals surface area (Å²) >= 11 is 0. The second-order valence-corrected chi connectivity index (χ2v) is 4.45. The molecule has 0 N–H and O–H groups in total. The lowest BCUT2D eigenvalue weighted by Crippen LogP contribution is -2.10. The highest BCUT2D eigenvalue weighted by Gasteiger charge is 2.13. The van der Waals surface area contributed by atoms with E-state index in [-0.39, 0.29) is 11.7 Å². The maximum absolute atomic E-state index is 12.0. The van der Waals surface area contributed by atoms with Crippen molar-refractivity contribution in [1.29, 1.82) is 0 Å². The number of carbonyl (C=O) groups is 1. The minimum atomic E-state index is -0.0650. The van der Waals surface area contributed by atoms with Gasteiger partial charge in [-0.15, -0.1) is 0 Å². The van der Waals surface area contributed by atoms with E-state index in [0.717, 1.165) is 5.56 Å². The number of hydrogen-bond donors (Lipinski definition) is 0. The van der Waals surface area contributed by atoms with Gasteiger partial charge in [0.1, 0.15) is 0 Å². The third kappa shape index (κ3) is 3.30. The molecule has 86 valence electrons. The molecule has 0 saturated carbocycles. The molecule has 2 heteroatoms. The molecule has 0 saturated heterocycles. The van der Waals surface area contributed by atoms with Crippen LogP contribution in [0.5, 0.6) is 0 Å². The van der Waals surface area contributed by atoms with Gasteiger partial charge < -0.3 is 0 Å². The van der Waals surface area contributed by atoms with E-state index < -0.39 is 0 Å². The zero-order valence-corrected chi connectivity index (χ0v) is 10.4. The molecule has 1 atom stereocenters. The molecule has 0 aliphatic heterocycles. The fourth-order valence-electron chi connectivity index (χ4n) is 1.44. The quantitative estimate of drug-likeness (QED) is 0.570. The van der Waals surface area contributed by atoms with Gasteiger partial charge in [-0.1, -0.05) is 32.4 Å². The maximum Gasteiger partial charge on any atom is 0.169 e. The Labute approximate surface area is 97.4 Å². The number of nitrogens with zero attached hydrogens (tertiary/aromatic N) is 1. The summed E-state index contributed by atoms with van der Waals surface area (Å²) < 4.78 is 0. The van der Waals surface area contributed by atoms with Crippen LogP contribution >= 0.6 is 0 Å². The molecule has 0 aliphatic carbocycles. The van der Waals surface area contributed by atoms with Crippen molar-refractivity contribution in [3.63, 3.8) is 0 Å². The van der Waals surface area contributed by atoms with E-state index in [0.29, 0.717) is 5.92 Å². The van der Waals surface area contributed by atoms with E-state index in [9.17, 15) is 4.79 Å². The molecule has 1 heterocycles.